The van der Waals surface area contributed by atoms with Crippen LogP contribution in [0.2, 0.25) is 0 Å². The number of thiazole rings is 1. The third-order valence-corrected chi connectivity index (χ3v) is 4.31. The van der Waals surface area contributed by atoms with Gasteiger partial charge in [-0.3, -0.25) is 0 Å². The van der Waals surface area contributed by atoms with E-state index in [-0.39, 0.29) is 12.6 Å². The van der Waals surface area contributed by atoms with Crippen molar-refractivity contribution in [3.05, 3.63) is 70.7 Å². The zero-order chi connectivity index (χ0) is 15.4. The second-order valence-electron chi connectivity index (χ2n) is 4.89. The van der Waals surface area contributed by atoms with Crippen LogP contribution >= 0.6 is 11.3 Å². The van der Waals surface area contributed by atoms with Crippen LogP contribution in [0.25, 0.3) is 16.3 Å². The maximum Gasteiger partial charge on any atom is 0.331 e. The maximum atomic E-state index is 11.8. The highest BCUT2D eigenvalue weighted by atomic mass is 32.1. The van der Waals surface area contributed by atoms with Crippen molar-refractivity contribution in [3.8, 4) is 0 Å². The maximum absolute atomic E-state index is 11.8. The molecule has 0 bridgehead atoms. The van der Waals surface area contributed by atoms with Gasteiger partial charge in [-0.25, -0.2) is 9.78 Å². The average molecular weight is 309 g/mol. The summed E-state index contributed by atoms with van der Waals surface area (Å²) in [5.74, 6) is -0.359. The van der Waals surface area contributed by atoms with Gasteiger partial charge in [0.25, 0.3) is 0 Å². The molecule has 2 aromatic carbocycles. The highest BCUT2D eigenvalue weighted by Gasteiger charge is 2.03. The van der Waals surface area contributed by atoms with Crippen LogP contribution in [0.5, 0.6) is 0 Å². The summed E-state index contributed by atoms with van der Waals surface area (Å²) in [5.41, 5.74) is 3.08. The van der Waals surface area contributed by atoms with Crippen molar-refractivity contribution in [2.24, 2.45) is 0 Å². The average Bonchev–Trinajstić information content (AvgIpc) is 2.95. The molecule has 0 fully saturated rings. The molecule has 0 saturated heterocycles. The van der Waals surface area contributed by atoms with E-state index >= 15 is 0 Å². The van der Waals surface area contributed by atoms with Crippen molar-refractivity contribution < 1.29 is 9.53 Å². The van der Waals surface area contributed by atoms with Crippen molar-refractivity contribution in [1.29, 1.82) is 0 Å². The van der Waals surface area contributed by atoms with E-state index in [1.807, 2.05) is 55.5 Å². The Morgan fingerprint density at radius 3 is 2.77 bits per heavy atom. The van der Waals surface area contributed by atoms with E-state index in [0.29, 0.717) is 0 Å². The molecule has 1 heterocycles. The van der Waals surface area contributed by atoms with Crippen LogP contribution in [-0.4, -0.2) is 11.0 Å². The summed E-state index contributed by atoms with van der Waals surface area (Å²) in [7, 11) is 0. The number of hydrogen-bond acceptors (Lipinski definition) is 4. The summed E-state index contributed by atoms with van der Waals surface area (Å²) in [5, 5.41) is 0.800. The number of fused-ring (bicyclic) bond motifs is 1. The number of ether oxygens (including phenoxy) is 1. The molecule has 3 aromatic rings. The Morgan fingerprint density at radius 2 is 1.95 bits per heavy atom. The third-order valence-electron chi connectivity index (χ3n) is 3.30. The van der Waals surface area contributed by atoms with E-state index in [2.05, 4.69) is 4.98 Å². The van der Waals surface area contributed by atoms with Gasteiger partial charge in [0.15, 0.2) is 0 Å². The van der Waals surface area contributed by atoms with Gasteiger partial charge in [-0.15, -0.1) is 11.3 Å². The first-order valence-electron chi connectivity index (χ1n) is 6.97. The fraction of sp³-hybridized carbons (Fsp3) is 0.111. The van der Waals surface area contributed by atoms with Crippen LogP contribution in [-0.2, 0) is 16.1 Å². The minimum atomic E-state index is -0.359. The lowest BCUT2D eigenvalue weighted by atomic mass is 10.1. The summed E-state index contributed by atoms with van der Waals surface area (Å²) >= 11 is 1.55. The number of nitrogens with zero attached hydrogens (tertiary/aromatic N) is 1. The molecule has 0 amide bonds. The molecule has 110 valence electrons. The predicted octanol–water partition coefficient (Wildman–Crippen LogP) is 4.36. The summed E-state index contributed by atoms with van der Waals surface area (Å²) in [4.78, 5) is 16.2. The Labute approximate surface area is 132 Å². The minimum absolute atomic E-state index is 0.287. The first-order valence-corrected chi connectivity index (χ1v) is 7.79. The molecule has 0 radical (unpaired) electrons. The highest BCUT2D eigenvalue weighted by molar-refractivity contribution is 7.19. The lowest BCUT2D eigenvalue weighted by molar-refractivity contribution is -0.138. The van der Waals surface area contributed by atoms with E-state index in [9.17, 15) is 4.79 Å². The Kier molecular flexibility index (Phi) is 4.30. The lowest BCUT2D eigenvalue weighted by Gasteiger charge is -2.05. The van der Waals surface area contributed by atoms with E-state index in [1.54, 1.807) is 17.4 Å². The Bertz CT molecular complexity index is 803. The molecule has 0 N–H and O–H groups in total. The van der Waals surface area contributed by atoms with Gasteiger partial charge in [0, 0.05) is 6.08 Å². The van der Waals surface area contributed by atoms with Crippen LogP contribution in [0.3, 0.4) is 0 Å². The number of hydrogen-bond donors (Lipinski definition) is 0. The third kappa shape index (κ3) is 3.40. The summed E-state index contributed by atoms with van der Waals surface area (Å²) in [6.07, 6.45) is 3.13. The van der Waals surface area contributed by atoms with Crippen LogP contribution in [0.1, 0.15) is 16.1 Å². The molecule has 4 heteroatoms. The molecule has 0 spiro atoms. The van der Waals surface area contributed by atoms with Gasteiger partial charge in [-0.2, -0.15) is 0 Å². The van der Waals surface area contributed by atoms with Crippen molar-refractivity contribution in [1.82, 2.24) is 4.98 Å². The van der Waals surface area contributed by atoms with Crippen LogP contribution in [0.15, 0.2) is 54.6 Å². The molecule has 3 nitrogen and oxygen atoms in total. The van der Waals surface area contributed by atoms with Gasteiger partial charge < -0.3 is 4.74 Å². The summed E-state index contributed by atoms with van der Waals surface area (Å²) in [6, 6.07) is 15.8. The van der Waals surface area contributed by atoms with Gasteiger partial charge in [0.2, 0.25) is 0 Å². The fourth-order valence-corrected chi connectivity index (χ4v) is 2.94. The monoisotopic (exact) mass is 309 g/mol. The molecular formula is C18H15NO2S. The number of esters is 1. The number of para-hydroxylation sites is 1. The van der Waals surface area contributed by atoms with Crippen molar-refractivity contribution in [2.45, 2.75) is 13.5 Å². The second kappa shape index (κ2) is 6.54. The van der Waals surface area contributed by atoms with E-state index < -0.39 is 0 Å². The highest BCUT2D eigenvalue weighted by Crippen LogP contribution is 2.22. The largest absolute Gasteiger partial charge is 0.458 e. The minimum Gasteiger partial charge on any atom is -0.458 e. The number of carbonyl (C=O) groups is 1. The normalized spacial score (nSPS) is 11.1. The smallest absolute Gasteiger partial charge is 0.331 e. The fourth-order valence-electron chi connectivity index (χ4n) is 2.07. The van der Waals surface area contributed by atoms with Crippen LogP contribution < -0.4 is 0 Å². The quantitative estimate of drug-likeness (QED) is 0.531. The number of rotatable bonds is 4. The topological polar surface area (TPSA) is 39.2 Å². The van der Waals surface area contributed by atoms with Gasteiger partial charge in [0.05, 0.1) is 10.2 Å². The van der Waals surface area contributed by atoms with E-state index in [0.717, 1.165) is 26.4 Å². The SMILES string of the molecule is Cc1ccccc1COC(=O)/C=C/c1nc2ccccc2s1. The summed E-state index contributed by atoms with van der Waals surface area (Å²) in [6.45, 7) is 2.29. The van der Waals surface area contributed by atoms with Crippen molar-refractivity contribution in [3.63, 3.8) is 0 Å². The first-order chi connectivity index (χ1) is 10.7. The Balaban J connectivity index is 1.62. The zero-order valence-corrected chi connectivity index (χ0v) is 13.0. The molecule has 0 aliphatic carbocycles. The number of aromatic nitrogens is 1. The zero-order valence-electron chi connectivity index (χ0n) is 12.2. The van der Waals surface area contributed by atoms with Gasteiger partial charge in [-0.05, 0) is 36.3 Å². The van der Waals surface area contributed by atoms with Crippen LogP contribution in [0.4, 0.5) is 0 Å². The molecular weight excluding hydrogens is 294 g/mol. The van der Waals surface area contributed by atoms with Crippen molar-refractivity contribution >= 4 is 33.6 Å². The van der Waals surface area contributed by atoms with Gasteiger partial charge in [-0.1, -0.05) is 36.4 Å². The molecule has 0 aliphatic heterocycles. The molecule has 0 atom stereocenters. The van der Waals surface area contributed by atoms with E-state index in [1.165, 1.54) is 6.08 Å². The Morgan fingerprint density at radius 1 is 1.18 bits per heavy atom. The lowest BCUT2D eigenvalue weighted by Crippen LogP contribution is -2.01. The predicted molar refractivity (Wildman–Crippen MR) is 89.6 cm³/mol. The molecule has 0 unspecified atom stereocenters. The molecule has 22 heavy (non-hydrogen) atoms. The standard InChI is InChI=1S/C18H15NO2S/c1-13-6-2-3-7-14(13)12-21-18(20)11-10-17-19-15-8-4-5-9-16(15)22-17/h2-11H,12H2,1H3/b11-10+. The van der Waals surface area contributed by atoms with Crippen LogP contribution in [0, 0.1) is 6.92 Å². The number of benzene rings is 2. The van der Waals surface area contributed by atoms with Gasteiger partial charge >= 0.3 is 5.97 Å². The number of aryl methyl sites for hydroxylation is 1. The number of carbonyl (C=O) groups excluding carboxylic acids is 1. The molecule has 1 aromatic heterocycles. The summed E-state index contributed by atoms with van der Waals surface area (Å²) < 4.78 is 6.36. The molecule has 0 aliphatic rings. The Hall–Kier alpha value is -2.46. The van der Waals surface area contributed by atoms with E-state index in [4.69, 9.17) is 4.74 Å². The molecule has 3 rings (SSSR count). The first kappa shape index (κ1) is 14.5. The molecule has 0 saturated carbocycles. The van der Waals surface area contributed by atoms with Crippen molar-refractivity contribution in [2.75, 3.05) is 0 Å². The van der Waals surface area contributed by atoms with Gasteiger partial charge in [0.1, 0.15) is 11.6 Å². The second-order valence-corrected chi connectivity index (χ2v) is 5.95.